The second-order valence-corrected chi connectivity index (χ2v) is 8.10. The molecule has 0 bridgehead atoms. The molecule has 0 aliphatic heterocycles. The van der Waals surface area contributed by atoms with Crippen LogP contribution >= 0.6 is 0 Å². The average molecular weight is 346 g/mol. The van der Waals surface area contributed by atoms with Crippen LogP contribution in [0.25, 0.3) is 0 Å². The van der Waals surface area contributed by atoms with E-state index in [1.807, 2.05) is 71.9 Å². The Labute approximate surface area is 146 Å². The highest BCUT2D eigenvalue weighted by Gasteiger charge is 2.26. The summed E-state index contributed by atoms with van der Waals surface area (Å²) in [6.07, 6.45) is 0.700. The average Bonchev–Trinajstić information content (AvgIpc) is 2.57. The van der Waals surface area contributed by atoms with E-state index in [9.17, 15) is 8.42 Å². The summed E-state index contributed by atoms with van der Waals surface area (Å²) in [6, 6.07) is 9.50. The van der Waals surface area contributed by atoms with E-state index in [4.69, 9.17) is 0 Å². The van der Waals surface area contributed by atoms with Crippen LogP contribution < -0.4 is 4.72 Å². The van der Waals surface area contributed by atoms with Gasteiger partial charge in [0.15, 0.2) is 0 Å². The van der Waals surface area contributed by atoms with Crippen molar-refractivity contribution in [3.05, 3.63) is 63.7 Å². The molecule has 0 radical (unpaired) electrons. The van der Waals surface area contributed by atoms with Gasteiger partial charge in [0, 0.05) is 6.04 Å². The molecule has 24 heavy (non-hydrogen) atoms. The van der Waals surface area contributed by atoms with Gasteiger partial charge in [-0.1, -0.05) is 37.3 Å². The van der Waals surface area contributed by atoms with Gasteiger partial charge < -0.3 is 0 Å². The maximum Gasteiger partial charge on any atom is 0.241 e. The van der Waals surface area contributed by atoms with Gasteiger partial charge in [0.2, 0.25) is 10.0 Å². The molecule has 3 nitrogen and oxygen atoms in total. The lowest BCUT2D eigenvalue weighted by Gasteiger charge is -2.22. The highest BCUT2D eigenvalue weighted by atomic mass is 32.2. The summed E-state index contributed by atoms with van der Waals surface area (Å²) >= 11 is 0. The van der Waals surface area contributed by atoms with E-state index in [0.29, 0.717) is 11.3 Å². The zero-order chi connectivity index (χ0) is 18.1. The van der Waals surface area contributed by atoms with Crippen LogP contribution in [-0.2, 0) is 10.0 Å². The number of benzene rings is 2. The predicted molar refractivity (Wildman–Crippen MR) is 99.9 cm³/mol. The van der Waals surface area contributed by atoms with Crippen molar-refractivity contribution in [3.8, 4) is 0 Å². The van der Waals surface area contributed by atoms with Gasteiger partial charge in [0.05, 0.1) is 4.90 Å². The second kappa shape index (κ2) is 7.08. The number of hydrogen-bond donors (Lipinski definition) is 1. The quantitative estimate of drug-likeness (QED) is 0.857. The molecule has 130 valence electrons. The van der Waals surface area contributed by atoms with Crippen LogP contribution in [-0.4, -0.2) is 8.42 Å². The van der Waals surface area contributed by atoms with Crippen molar-refractivity contribution in [3.63, 3.8) is 0 Å². The topological polar surface area (TPSA) is 46.2 Å². The Morgan fingerprint density at radius 3 is 1.75 bits per heavy atom. The molecule has 2 aromatic rings. The van der Waals surface area contributed by atoms with E-state index in [-0.39, 0.29) is 6.04 Å². The van der Waals surface area contributed by atoms with Gasteiger partial charge in [-0.05, 0) is 74.4 Å². The van der Waals surface area contributed by atoms with E-state index in [2.05, 4.69) is 4.72 Å². The van der Waals surface area contributed by atoms with Crippen LogP contribution in [0.3, 0.4) is 0 Å². The number of nitrogens with one attached hydrogen (secondary N) is 1. The van der Waals surface area contributed by atoms with Gasteiger partial charge in [-0.3, -0.25) is 0 Å². The molecule has 0 unspecified atom stereocenters. The van der Waals surface area contributed by atoms with Gasteiger partial charge in [-0.25, -0.2) is 13.1 Å². The van der Waals surface area contributed by atoms with Gasteiger partial charge in [0.25, 0.3) is 0 Å². The minimum atomic E-state index is -3.59. The summed E-state index contributed by atoms with van der Waals surface area (Å²) in [4.78, 5) is 0.428. The molecule has 2 rings (SSSR count). The zero-order valence-corrected chi connectivity index (χ0v) is 16.2. The number of rotatable bonds is 5. The molecule has 0 aliphatic carbocycles. The maximum absolute atomic E-state index is 13.1. The van der Waals surface area contributed by atoms with Crippen molar-refractivity contribution in [1.29, 1.82) is 0 Å². The first-order chi connectivity index (χ1) is 11.2. The van der Waals surface area contributed by atoms with Gasteiger partial charge in [0.1, 0.15) is 0 Å². The Kier molecular flexibility index (Phi) is 5.51. The van der Waals surface area contributed by atoms with Crippen LogP contribution in [0.4, 0.5) is 0 Å². The van der Waals surface area contributed by atoms with Crippen LogP contribution in [0.15, 0.2) is 35.2 Å². The molecule has 1 N–H and O–H groups in total. The normalized spacial score (nSPS) is 13.1. The van der Waals surface area contributed by atoms with Crippen molar-refractivity contribution in [2.24, 2.45) is 0 Å². The standard InChI is InChI=1S/C20H27NO2S/c1-7-19(18-11-9-8-10-12-18)21-24(22,23)20-16(5)14(3)13(2)15(4)17(20)6/h8-12,19,21H,7H2,1-6H3/t19-/m0/s1. The summed E-state index contributed by atoms with van der Waals surface area (Å²) in [5, 5.41) is 0. The van der Waals surface area contributed by atoms with Gasteiger partial charge in [-0.2, -0.15) is 0 Å². The summed E-state index contributed by atoms with van der Waals surface area (Å²) in [6.45, 7) is 11.8. The van der Waals surface area contributed by atoms with E-state index in [1.165, 1.54) is 5.56 Å². The van der Waals surface area contributed by atoms with Crippen LogP contribution in [0.5, 0.6) is 0 Å². The molecule has 0 aliphatic rings. The first-order valence-electron chi connectivity index (χ1n) is 8.34. The molecule has 0 amide bonds. The first kappa shape index (κ1) is 18.7. The Bertz CT molecular complexity index is 811. The monoisotopic (exact) mass is 345 g/mol. The van der Waals surface area contributed by atoms with Crippen LogP contribution in [0.1, 0.15) is 52.8 Å². The first-order valence-corrected chi connectivity index (χ1v) is 9.83. The van der Waals surface area contributed by atoms with E-state index in [0.717, 1.165) is 27.8 Å². The number of hydrogen-bond acceptors (Lipinski definition) is 2. The summed E-state index contributed by atoms with van der Waals surface area (Å²) < 4.78 is 29.1. The minimum absolute atomic E-state index is 0.225. The minimum Gasteiger partial charge on any atom is -0.207 e. The van der Waals surface area contributed by atoms with Crippen LogP contribution in [0.2, 0.25) is 0 Å². The fraction of sp³-hybridized carbons (Fsp3) is 0.400. The Balaban J connectivity index is 2.52. The number of sulfonamides is 1. The molecular weight excluding hydrogens is 318 g/mol. The maximum atomic E-state index is 13.1. The van der Waals surface area contributed by atoms with E-state index in [1.54, 1.807) is 0 Å². The second-order valence-electron chi connectivity index (χ2n) is 6.45. The highest BCUT2D eigenvalue weighted by Crippen LogP contribution is 2.30. The Hall–Kier alpha value is -1.65. The van der Waals surface area contributed by atoms with Crippen molar-refractivity contribution in [1.82, 2.24) is 4.72 Å². The summed E-state index contributed by atoms with van der Waals surface area (Å²) in [5.41, 5.74) is 5.92. The largest absolute Gasteiger partial charge is 0.241 e. The summed E-state index contributed by atoms with van der Waals surface area (Å²) in [7, 11) is -3.59. The molecular formula is C20H27NO2S. The van der Waals surface area contributed by atoms with Gasteiger partial charge >= 0.3 is 0 Å². The molecule has 0 spiro atoms. The van der Waals surface area contributed by atoms with E-state index < -0.39 is 10.0 Å². The SMILES string of the molecule is CC[C@H](NS(=O)(=O)c1c(C)c(C)c(C)c(C)c1C)c1ccccc1. The van der Waals surface area contributed by atoms with Crippen molar-refractivity contribution in [2.45, 2.75) is 58.9 Å². The Morgan fingerprint density at radius 1 is 0.833 bits per heavy atom. The fourth-order valence-electron chi connectivity index (χ4n) is 3.19. The Morgan fingerprint density at radius 2 is 1.29 bits per heavy atom. The van der Waals surface area contributed by atoms with Crippen molar-refractivity contribution < 1.29 is 8.42 Å². The highest BCUT2D eigenvalue weighted by molar-refractivity contribution is 7.89. The lowest BCUT2D eigenvalue weighted by Crippen LogP contribution is -2.30. The van der Waals surface area contributed by atoms with E-state index >= 15 is 0 Å². The third-order valence-corrected chi connectivity index (χ3v) is 6.85. The predicted octanol–water partition coefficient (Wildman–Crippen LogP) is 4.66. The van der Waals surface area contributed by atoms with Gasteiger partial charge in [-0.15, -0.1) is 0 Å². The third kappa shape index (κ3) is 3.40. The molecule has 4 heteroatoms. The molecule has 0 heterocycles. The molecule has 0 fully saturated rings. The van der Waals surface area contributed by atoms with Crippen molar-refractivity contribution >= 4 is 10.0 Å². The lowest BCUT2D eigenvalue weighted by atomic mass is 9.95. The van der Waals surface area contributed by atoms with Crippen molar-refractivity contribution in [2.75, 3.05) is 0 Å². The molecule has 0 saturated carbocycles. The van der Waals surface area contributed by atoms with Crippen LogP contribution in [0, 0.1) is 34.6 Å². The molecule has 0 aromatic heterocycles. The zero-order valence-electron chi connectivity index (χ0n) is 15.4. The molecule has 2 aromatic carbocycles. The third-order valence-electron chi connectivity index (χ3n) is 5.11. The smallest absolute Gasteiger partial charge is 0.207 e. The fourth-order valence-corrected chi connectivity index (χ4v) is 5.09. The summed E-state index contributed by atoms with van der Waals surface area (Å²) in [5.74, 6) is 0. The lowest BCUT2D eigenvalue weighted by molar-refractivity contribution is 0.548. The molecule has 1 atom stereocenters. The molecule has 0 saturated heterocycles.